The molecule has 0 bridgehead atoms. The molecule has 0 saturated carbocycles. The van der Waals surface area contributed by atoms with Crippen LogP contribution >= 0.6 is 11.3 Å². The van der Waals surface area contributed by atoms with Crippen molar-refractivity contribution in [1.82, 2.24) is 9.97 Å². The first kappa shape index (κ1) is 16.4. The number of ketones is 2. The first-order valence-corrected chi connectivity index (χ1v) is 8.62. The zero-order valence-corrected chi connectivity index (χ0v) is 14.3. The van der Waals surface area contributed by atoms with Crippen LogP contribution in [0.25, 0.3) is 0 Å². The molecule has 2 heterocycles. The maximum atomic E-state index is 12.7. The lowest BCUT2D eigenvalue weighted by Crippen LogP contribution is -2.28. The summed E-state index contributed by atoms with van der Waals surface area (Å²) in [5.74, 6) is -1.26. The molecular weight excluding hydrogens is 326 g/mol. The van der Waals surface area contributed by atoms with Crippen LogP contribution in [-0.4, -0.2) is 27.4 Å². The Morgan fingerprint density at radius 3 is 2.83 bits per heavy atom. The van der Waals surface area contributed by atoms with E-state index in [1.54, 1.807) is 19.1 Å². The third-order valence-corrected chi connectivity index (χ3v) is 5.01. The molecule has 124 valence electrons. The number of hydrogen-bond acceptors (Lipinski definition) is 6. The molecule has 1 unspecified atom stereocenters. The van der Waals surface area contributed by atoms with Crippen LogP contribution in [0.5, 0.6) is 0 Å². The van der Waals surface area contributed by atoms with Crippen molar-refractivity contribution < 1.29 is 14.4 Å². The summed E-state index contributed by atoms with van der Waals surface area (Å²) >= 11 is 1.15. The summed E-state index contributed by atoms with van der Waals surface area (Å²) in [6, 6.07) is 3.46. The average molecular weight is 343 g/mol. The van der Waals surface area contributed by atoms with Gasteiger partial charge in [-0.3, -0.25) is 19.4 Å². The van der Waals surface area contributed by atoms with Crippen molar-refractivity contribution in [3.8, 4) is 0 Å². The molecule has 0 aliphatic heterocycles. The highest BCUT2D eigenvalue weighted by atomic mass is 32.1. The summed E-state index contributed by atoms with van der Waals surface area (Å²) in [6.45, 7) is 3.59. The molecule has 2 aromatic heterocycles. The van der Waals surface area contributed by atoms with E-state index in [1.165, 1.54) is 6.20 Å². The minimum absolute atomic E-state index is 0.146. The molecule has 7 heteroatoms. The van der Waals surface area contributed by atoms with Gasteiger partial charge in [-0.15, -0.1) is 0 Å². The van der Waals surface area contributed by atoms with E-state index in [4.69, 9.17) is 0 Å². The zero-order chi connectivity index (χ0) is 17.3. The summed E-state index contributed by atoms with van der Waals surface area (Å²) in [6.07, 6.45) is 2.85. The number of nitrogens with one attached hydrogen (secondary N) is 1. The number of fused-ring (bicyclic) bond motifs is 1. The van der Waals surface area contributed by atoms with Crippen LogP contribution in [0.15, 0.2) is 18.3 Å². The largest absolute Gasteiger partial charge is 0.302 e. The number of Topliss-reactive ketones (excluding diaryl/α,β-unsaturated/α-hetero) is 2. The van der Waals surface area contributed by atoms with Gasteiger partial charge in [-0.1, -0.05) is 18.3 Å². The molecular formula is C17H17N3O3S. The Bertz CT molecular complexity index is 811. The van der Waals surface area contributed by atoms with Crippen molar-refractivity contribution >= 4 is 33.9 Å². The number of aromatic nitrogens is 2. The normalized spacial score (nSPS) is 16.6. The molecule has 3 rings (SSSR count). The number of carbonyl (C=O) groups is 3. The molecule has 0 saturated heterocycles. The SMILES string of the molecule is CCC(=O)Nc1nc2c(s1)C(=O)C(C(=O)c1ccc(C)nc1)CC2. The fourth-order valence-electron chi connectivity index (χ4n) is 2.61. The van der Waals surface area contributed by atoms with Crippen molar-refractivity contribution in [3.05, 3.63) is 40.2 Å². The Labute approximate surface area is 143 Å². The smallest absolute Gasteiger partial charge is 0.225 e. The molecule has 1 aliphatic rings. The van der Waals surface area contributed by atoms with Crippen LogP contribution in [0, 0.1) is 12.8 Å². The number of aryl methyl sites for hydroxylation is 2. The minimum atomic E-state index is -0.697. The lowest BCUT2D eigenvalue weighted by Gasteiger charge is -2.18. The van der Waals surface area contributed by atoms with E-state index in [9.17, 15) is 14.4 Å². The standard InChI is InChI=1S/C17H17N3O3S/c1-3-13(21)20-17-19-12-7-6-11(15(23)16(12)24-17)14(22)10-5-4-9(2)18-8-10/h4-5,8,11H,3,6-7H2,1-2H3,(H,19,20,21). The van der Waals surface area contributed by atoms with E-state index in [0.717, 1.165) is 17.0 Å². The predicted molar refractivity (Wildman–Crippen MR) is 90.5 cm³/mol. The number of hydrogen-bond donors (Lipinski definition) is 1. The highest BCUT2D eigenvalue weighted by Gasteiger charge is 2.36. The minimum Gasteiger partial charge on any atom is -0.302 e. The highest BCUT2D eigenvalue weighted by molar-refractivity contribution is 7.17. The van der Waals surface area contributed by atoms with Crippen LogP contribution in [0.4, 0.5) is 5.13 Å². The average Bonchev–Trinajstić information content (AvgIpc) is 2.98. The monoisotopic (exact) mass is 343 g/mol. The quantitative estimate of drug-likeness (QED) is 0.681. The van der Waals surface area contributed by atoms with Crippen molar-refractivity contribution in [3.63, 3.8) is 0 Å². The van der Waals surface area contributed by atoms with Crippen molar-refractivity contribution in [1.29, 1.82) is 0 Å². The number of pyridine rings is 1. The number of nitrogens with zero attached hydrogens (tertiary/aromatic N) is 2. The van der Waals surface area contributed by atoms with Gasteiger partial charge in [0.15, 0.2) is 16.7 Å². The van der Waals surface area contributed by atoms with Gasteiger partial charge < -0.3 is 5.32 Å². The van der Waals surface area contributed by atoms with Crippen molar-refractivity contribution in [2.24, 2.45) is 5.92 Å². The molecule has 0 aromatic carbocycles. The Hall–Kier alpha value is -2.41. The Morgan fingerprint density at radius 1 is 1.38 bits per heavy atom. The predicted octanol–water partition coefficient (Wildman–Crippen LogP) is 2.82. The van der Waals surface area contributed by atoms with E-state index in [-0.39, 0.29) is 17.5 Å². The van der Waals surface area contributed by atoms with E-state index >= 15 is 0 Å². The third-order valence-electron chi connectivity index (χ3n) is 3.99. The molecule has 1 aliphatic carbocycles. The highest BCUT2D eigenvalue weighted by Crippen LogP contribution is 2.33. The van der Waals surface area contributed by atoms with Crippen molar-refractivity contribution in [2.75, 3.05) is 5.32 Å². The van der Waals surface area contributed by atoms with E-state index < -0.39 is 5.92 Å². The Balaban J connectivity index is 1.82. The third kappa shape index (κ3) is 3.12. The van der Waals surface area contributed by atoms with Gasteiger partial charge in [0.2, 0.25) is 5.91 Å². The van der Waals surface area contributed by atoms with E-state index in [0.29, 0.717) is 40.5 Å². The zero-order valence-electron chi connectivity index (χ0n) is 13.5. The number of thiazole rings is 1. The van der Waals surface area contributed by atoms with E-state index in [1.807, 2.05) is 6.92 Å². The molecule has 0 spiro atoms. The molecule has 2 aromatic rings. The number of anilines is 1. The fourth-order valence-corrected chi connectivity index (χ4v) is 3.63. The molecule has 1 N–H and O–H groups in total. The number of rotatable bonds is 4. The summed E-state index contributed by atoms with van der Waals surface area (Å²) in [4.78, 5) is 45.7. The summed E-state index contributed by atoms with van der Waals surface area (Å²) in [5, 5.41) is 3.09. The van der Waals surface area contributed by atoms with Crippen LogP contribution in [0.3, 0.4) is 0 Å². The van der Waals surface area contributed by atoms with Gasteiger partial charge in [0, 0.05) is 23.9 Å². The van der Waals surface area contributed by atoms with Crippen LogP contribution < -0.4 is 5.32 Å². The topological polar surface area (TPSA) is 89.0 Å². The number of carbonyl (C=O) groups excluding carboxylic acids is 3. The van der Waals surface area contributed by atoms with Crippen LogP contribution in [0.1, 0.15) is 51.2 Å². The van der Waals surface area contributed by atoms with E-state index in [2.05, 4.69) is 15.3 Å². The molecule has 0 radical (unpaired) electrons. The lowest BCUT2D eigenvalue weighted by atomic mass is 9.84. The number of amides is 1. The second-order valence-corrected chi connectivity index (χ2v) is 6.70. The van der Waals surface area contributed by atoms with Crippen LogP contribution in [0.2, 0.25) is 0 Å². The maximum absolute atomic E-state index is 12.7. The second kappa shape index (κ2) is 6.60. The summed E-state index contributed by atoms with van der Waals surface area (Å²) in [7, 11) is 0. The first-order chi connectivity index (χ1) is 11.5. The molecule has 6 nitrogen and oxygen atoms in total. The van der Waals surface area contributed by atoms with Gasteiger partial charge in [-0.2, -0.15) is 0 Å². The van der Waals surface area contributed by atoms with Crippen molar-refractivity contribution in [2.45, 2.75) is 33.1 Å². The fraction of sp³-hybridized carbons (Fsp3) is 0.353. The van der Waals surface area contributed by atoms with Gasteiger partial charge in [-0.25, -0.2) is 4.98 Å². The summed E-state index contributed by atoms with van der Waals surface area (Å²) in [5.41, 5.74) is 1.94. The first-order valence-electron chi connectivity index (χ1n) is 7.80. The summed E-state index contributed by atoms with van der Waals surface area (Å²) < 4.78 is 0. The molecule has 1 amide bonds. The molecule has 1 atom stereocenters. The van der Waals surface area contributed by atoms with Gasteiger partial charge >= 0.3 is 0 Å². The van der Waals surface area contributed by atoms with Gasteiger partial charge in [-0.05, 0) is 31.9 Å². The Kier molecular flexibility index (Phi) is 4.53. The molecule has 0 fully saturated rings. The Morgan fingerprint density at radius 2 is 2.17 bits per heavy atom. The van der Waals surface area contributed by atoms with Crippen LogP contribution in [-0.2, 0) is 11.2 Å². The lowest BCUT2D eigenvalue weighted by molar-refractivity contribution is -0.115. The van der Waals surface area contributed by atoms with Gasteiger partial charge in [0.1, 0.15) is 0 Å². The van der Waals surface area contributed by atoms with Gasteiger partial charge in [0.05, 0.1) is 16.5 Å². The maximum Gasteiger partial charge on any atom is 0.225 e. The molecule has 24 heavy (non-hydrogen) atoms. The van der Waals surface area contributed by atoms with Gasteiger partial charge in [0.25, 0.3) is 0 Å². The second-order valence-electron chi connectivity index (χ2n) is 5.70.